The molecule has 7 nitrogen and oxygen atoms in total. The fourth-order valence-corrected chi connectivity index (χ4v) is 3.44. The zero-order valence-electron chi connectivity index (χ0n) is 13.7. The smallest absolute Gasteiger partial charge is 0.244 e. The van der Waals surface area contributed by atoms with Gasteiger partial charge in [-0.3, -0.25) is 4.79 Å². The van der Waals surface area contributed by atoms with Gasteiger partial charge in [0.05, 0.1) is 11.6 Å². The van der Waals surface area contributed by atoms with E-state index in [1.165, 1.54) is 0 Å². The lowest BCUT2D eigenvalue weighted by Crippen LogP contribution is -2.42. The lowest BCUT2D eigenvalue weighted by atomic mass is 10.1. The number of carbonyl (C=O) groups is 1. The van der Waals surface area contributed by atoms with Gasteiger partial charge in [-0.15, -0.1) is 5.10 Å². The Hall–Kier alpha value is -2.70. The van der Waals surface area contributed by atoms with Gasteiger partial charge >= 0.3 is 0 Å². The number of likely N-dealkylation sites (tertiary alicyclic amines) is 1. The molecule has 1 saturated heterocycles. The summed E-state index contributed by atoms with van der Waals surface area (Å²) in [6.45, 7) is 3.76. The normalized spacial score (nSPS) is 18.2. The number of benzene rings is 1. The van der Waals surface area contributed by atoms with E-state index in [1.807, 2.05) is 48.5 Å². The molecule has 1 aromatic carbocycles. The van der Waals surface area contributed by atoms with Crippen LogP contribution in [0, 0.1) is 6.92 Å². The highest BCUT2D eigenvalue weighted by Gasteiger charge is 2.25. The van der Waals surface area contributed by atoms with Gasteiger partial charge in [0.2, 0.25) is 5.91 Å². The number of aromatic nitrogens is 5. The Morgan fingerprint density at radius 2 is 2.21 bits per heavy atom. The monoisotopic (exact) mass is 324 g/mol. The van der Waals surface area contributed by atoms with Crippen molar-refractivity contribution in [2.45, 2.75) is 32.4 Å². The second-order valence-electron chi connectivity index (χ2n) is 6.25. The van der Waals surface area contributed by atoms with E-state index < -0.39 is 0 Å². The third-order valence-electron chi connectivity index (χ3n) is 4.71. The van der Waals surface area contributed by atoms with Gasteiger partial charge in [-0.1, -0.05) is 17.3 Å². The molecular formula is C17H20N6O. The molecule has 7 heteroatoms. The van der Waals surface area contributed by atoms with E-state index in [0.717, 1.165) is 42.8 Å². The number of piperidine rings is 1. The van der Waals surface area contributed by atoms with Gasteiger partial charge in [0.15, 0.2) is 0 Å². The first-order valence-corrected chi connectivity index (χ1v) is 8.28. The summed E-state index contributed by atoms with van der Waals surface area (Å²) in [5.74, 6) is 1.09. The molecule has 1 fully saturated rings. The van der Waals surface area contributed by atoms with Crippen molar-refractivity contribution in [2.75, 3.05) is 13.1 Å². The summed E-state index contributed by atoms with van der Waals surface area (Å²) in [6, 6.07) is 8.01. The Labute approximate surface area is 139 Å². The molecule has 0 radical (unpaired) electrons. The highest BCUT2D eigenvalue weighted by molar-refractivity contribution is 5.79. The molecule has 0 bridgehead atoms. The van der Waals surface area contributed by atoms with Crippen LogP contribution in [0.4, 0.5) is 0 Å². The minimum absolute atomic E-state index is 0.0909. The molecule has 1 unspecified atom stereocenters. The molecular weight excluding hydrogens is 304 g/mol. The second-order valence-corrected chi connectivity index (χ2v) is 6.25. The average Bonchev–Trinajstić information content (AvgIpc) is 3.22. The molecule has 0 N–H and O–H groups in total. The highest BCUT2D eigenvalue weighted by atomic mass is 16.2. The fourth-order valence-electron chi connectivity index (χ4n) is 3.44. The highest BCUT2D eigenvalue weighted by Crippen LogP contribution is 2.23. The van der Waals surface area contributed by atoms with Crippen molar-refractivity contribution in [1.82, 2.24) is 29.4 Å². The molecule has 24 heavy (non-hydrogen) atoms. The van der Waals surface area contributed by atoms with Crippen LogP contribution in [0.5, 0.6) is 0 Å². The van der Waals surface area contributed by atoms with Crippen molar-refractivity contribution < 1.29 is 4.79 Å². The van der Waals surface area contributed by atoms with Gasteiger partial charge in [0.25, 0.3) is 0 Å². The van der Waals surface area contributed by atoms with Gasteiger partial charge in [0.1, 0.15) is 17.9 Å². The predicted octanol–water partition coefficient (Wildman–Crippen LogP) is 1.80. The van der Waals surface area contributed by atoms with Gasteiger partial charge < -0.3 is 9.47 Å². The predicted molar refractivity (Wildman–Crippen MR) is 89.3 cm³/mol. The van der Waals surface area contributed by atoms with Crippen molar-refractivity contribution in [3.05, 3.63) is 42.5 Å². The van der Waals surface area contributed by atoms with Gasteiger partial charge in [-0.05, 0) is 31.9 Å². The molecule has 4 rings (SSSR count). The Morgan fingerprint density at radius 3 is 3.04 bits per heavy atom. The average molecular weight is 324 g/mol. The maximum absolute atomic E-state index is 12.7. The third-order valence-corrected chi connectivity index (χ3v) is 4.71. The summed E-state index contributed by atoms with van der Waals surface area (Å²) in [5.41, 5.74) is 1.71. The van der Waals surface area contributed by atoms with Crippen molar-refractivity contribution in [2.24, 2.45) is 0 Å². The van der Waals surface area contributed by atoms with Crippen molar-refractivity contribution in [3.8, 4) is 0 Å². The van der Waals surface area contributed by atoms with Crippen molar-refractivity contribution in [3.63, 3.8) is 0 Å². The molecule has 1 aliphatic heterocycles. The van der Waals surface area contributed by atoms with Crippen LogP contribution in [0.15, 0.2) is 36.7 Å². The first-order chi connectivity index (χ1) is 11.7. The minimum Gasteiger partial charge on any atom is -0.339 e. The van der Waals surface area contributed by atoms with E-state index in [4.69, 9.17) is 0 Å². The standard InChI is InChI=1S/C17H20N6O/c1-13-18-8-10-22(13)14-5-4-9-21(11-14)17(24)12-23-16-7-3-2-6-15(16)19-20-23/h2-3,6-8,10,14H,4-5,9,11-12H2,1H3. The lowest BCUT2D eigenvalue weighted by Gasteiger charge is -2.34. The van der Waals surface area contributed by atoms with E-state index in [0.29, 0.717) is 6.04 Å². The number of fused-ring (bicyclic) bond motifs is 1. The molecule has 1 aliphatic rings. The van der Waals surface area contributed by atoms with Gasteiger partial charge in [0, 0.05) is 25.5 Å². The number of para-hydroxylation sites is 1. The SMILES string of the molecule is Cc1nccn1C1CCCN(C(=O)Cn2nnc3ccccc32)C1. The molecule has 124 valence electrons. The largest absolute Gasteiger partial charge is 0.339 e. The Balaban J connectivity index is 1.49. The topological polar surface area (TPSA) is 68.8 Å². The van der Waals surface area contributed by atoms with Gasteiger partial charge in [-0.2, -0.15) is 0 Å². The summed E-state index contributed by atoms with van der Waals surface area (Å²) in [5, 5.41) is 8.23. The van der Waals surface area contributed by atoms with Crippen LogP contribution >= 0.6 is 0 Å². The minimum atomic E-state index is 0.0909. The first kappa shape index (κ1) is 14.9. The van der Waals surface area contributed by atoms with Crippen LogP contribution in [-0.4, -0.2) is 48.4 Å². The van der Waals surface area contributed by atoms with Crippen LogP contribution in [0.25, 0.3) is 11.0 Å². The Kier molecular flexibility index (Phi) is 3.76. The van der Waals surface area contributed by atoms with Crippen LogP contribution in [0.1, 0.15) is 24.7 Å². The Bertz CT molecular complexity index is 867. The molecule has 2 aromatic heterocycles. The number of imidazole rings is 1. The zero-order chi connectivity index (χ0) is 16.5. The fraction of sp³-hybridized carbons (Fsp3) is 0.412. The van der Waals surface area contributed by atoms with E-state index >= 15 is 0 Å². The van der Waals surface area contributed by atoms with E-state index in [-0.39, 0.29) is 12.5 Å². The van der Waals surface area contributed by atoms with Crippen molar-refractivity contribution in [1.29, 1.82) is 0 Å². The molecule has 0 aliphatic carbocycles. The Morgan fingerprint density at radius 1 is 1.33 bits per heavy atom. The summed E-state index contributed by atoms with van der Waals surface area (Å²) < 4.78 is 3.86. The number of carbonyl (C=O) groups excluding carboxylic acids is 1. The number of hydrogen-bond donors (Lipinski definition) is 0. The van der Waals surface area contributed by atoms with Gasteiger partial charge in [-0.25, -0.2) is 9.67 Å². The first-order valence-electron chi connectivity index (χ1n) is 8.28. The van der Waals surface area contributed by atoms with Crippen molar-refractivity contribution >= 4 is 16.9 Å². The quantitative estimate of drug-likeness (QED) is 0.737. The summed E-state index contributed by atoms with van der Waals surface area (Å²) in [6.07, 6.45) is 5.90. The molecule has 1 atom stereocenters. The van der Waals surface area contributed by atoms with E-state index in [2.05, 4.69) is 19.9 Å². The zero-order valence-corrected chi connectivity index (χ0v) is 13.7. The summed E-state index contributed by atoms with van der Waals surface area (Å²) in [7, 11) is 0. The number of aryl methyl sites for hydroxylation is 1. The second kappa shape index (κ2) is 6.07. The maximum atomic E-state index is 12.7. The summed E-state index contributed by atoms with van der Waals surface area (Å²) in [4.78, 5) is 19.0. The number of amides is 1. The number of hydrogen-bond acceptors (Lipinski definition) is 4. The molecule has 0 spiro atoms. The number of nitrogens with zero attached hydrogens (tertiary/aromatic N) is 6. The number of rotatable bonds is 3. The van der Waals surface area contributed by atoms with Crippen LogP contribution in [-0.2, 0) is 11.3 Å². The van der Waals surface area contributed by atoms with E-state index in [9.17, 15) is 4.79 Å². The molecule has 0 saturated carbocycles. The molecule has 3 heterocycles. The van der Waals surface area contributed by atoms with Crippen LogP contribution in [0.2, 0.25) is 0 Å². The lowest BCUT2D eigenvalue weighted by molar-refractivity contribution is -0.133. The molecule has 3 aromatic rings. The maximum Gasteiger partial charge on any atom is 0.244 e. The summed E-state index contributed by atoms with van der Waals surface area (Å²) >= 11 is 0. The van der Waals surface area contributed by atoms with Crippen LogP contribution in [0.3, 0.4) is 0 Å². The van der Waals surface area contributed by atoms with E-state index in [1.54, 1.807) is 4.68 Å². The molecule has 1 amide bonds. The third kappa shape index (κ3) is 2.66. The van der Waals surface area contributed by atoms with Crippen LogP contribution < -0.4 is 0 Å².